The summed E-state index contributed by atoms with van der Waals surface area (Å²) in [6.07, 6.45) is 1.89. The van der Waals surface area contributed by atoms with Gasteiger partial charge in [0.15, 0.2) is 5.69 Å². The maximum absolute atomic E-state index is 8.91. The second kappa shape index (κ2) is 5.35. The number of pyridine rings is 1. The minimum atomic E-state index is 0.232. The minimum Gasteiger partial charge on any atom is -0.396 e. The Morgan fingerprint density at radius 2 is 2.41 bits per heavy atom. The van der Waals surface area contributed by atoms with E-state index >= 15 is 0 Å². The van der Waals surface area contributed by atoms with E-state index in [2.05, 4.69) is 9.88 Å². The van der Waals surface area contributed by atoms with E-state index in [1.54, 1.807) is 6.07 Å². The van der Waals surface area contributed by atoms with Crippen LogP contribution in [0.2, 0.25) is 5.02 Å². The summed E-state index contributed by atoms with van der Waals surface area (Å²) in [5, 5.41) is 18.2. The highest BCUT2D eigenvalue weighted by atomic mass is 35.5. The molecule has 0 unspecified atom stereocenters. The van der Waals surface area contributed by atoms with Crippen LogP contribution in [0.25, 0.3) is 0 Å². The van der Waals surface area contributed by atoms with Crippen LogP contribution in [0.3, 0.4) is 0 Å². The smallest absolute Gasteiger partial charge is 0.161 e. The molecule has 0 saturated carbocycles. The Hall–Kier alpha value is -1.31. The Labute approximate surface area is 105 Å². The number of nitrogens with zero attached hydrogens (tertiary/aromatic N) is 3. The predicted octanol–water partition coefficient (Wildman–Crippen LogP) is 1.82. The van der Waals surface area contributed by atoms with Crippen LogP contribution in [0.4, 0.5) is 5.82 Å². The molecule has 1 aromatic heterocycles. The number of anilines is 1. The molecule has 90 valence electrons. The maximum Gasteiger partial charge on any atom is 0.161 e. The Morgan fingerprint density at radius 1 is 1.59 bits per heavy atom. The van der Waals surface area contributed by atoms with Gasteiger partial charge in [0.2, 0.25) is 0 Å². The standard InChI is InChI=1S/C12H14ClN3O/c13-10-1-2-12(15-11(10)7-14)16-5-3-9(8-16)4-6-17/h1-2,9,17H,3-6,8H2/t9-/m1/s1. The highest BCUT2D eigenvalue weighted by molar-refractivity contribution is 6.31. The zero-order valence-electron chi connectivity index (χ0n) is 9.43. The Morgan fingerprint density at radius 3 is 3.12 bits per heavy atom. The van der Waals surface area contributed by atoms with E-state index in [0.717, 1.165) is 31.7 Å². The van der Waals surface area contributed by atoms with E-state index in [0.29, 0.717) is 10.9 Å². The molecule has 5 heteroatoms. The van der Waals surface area contributed by atoms with Crippen molar-refractivity contribution in [3.05, 3.63) is 22.8 Å². The van der Waals surface area contributed by atoms with E-state index in [1.165, 1.54) is 0 Å². The number of aliphatic hydroxyl groups excluding tert-OH is 1. The molecule has 0 spiro atoms. The van der Waals surface area contributed by atoms with E-state index in [-0.39, 0.29) is 12.3 Å². The highest BCUT2D eigenvalue weighted by Gasteiger charge is 2.23. The van der Waals surface area contributed by atoms with Crippen molar-refractivity contribution < 1.29 is 5.11 Å². The number of aliphatic hydroxyl groups is 1. The quantitative estimate of drug-likeness (QED) is 0.890. The topological polar surface area (TPSA) is 60.2 Å². The van der Waals surface area contributed by atoms with Crippen LogP contribution >= 0.6 is 11.6 Å². The van der Waals surface area contributed by atoms with E-state index < -0.39 is 0 Å². The van der Waals surface area contributed by atoms with Gasteiger partial charge >= 0.3 is 0 Å². The number of nitriles is 1. The molecule has 1 N–H and O–H groups in total. The van der Waals surface area contributed by atoms with E-state index in [1.807, 2.05) is 12.1 Å². The van der Waals surface area contributed by atoms with Gasteiger partial charge in [-0.05, 0) is 30.9 Å². The van der Waals surface area contributed by atoms with Crippen LogP contribution in [0.15, 0.2) is 12.1 Å². The van der Waals surface area contributed by atoms with Gasteiger partial charge in [-0.15, -0.1) is 0 Å². The molecule has 1 saturated heterocycles. The third-order valence-electron chi connectivity index (χ3n) is 3.08. The van der Waals surface area contributed by atoms with Gasteiger partial charge in [-0.25, -0.2) is 4.98 Å². The summed E-state index contributed by atoms with van der Waals surface area (Å²) in [5.41, 5.74) is 0.273. The van der Waals surface area contributed by atoms with Crippen molar-refractivity contribution in [2.45, 2.75) is 12.8 Å². The predicted molar refractivity (Wildman–Crippen MR) is 66.0 cm³/mol. The summed E-state index contributed by atoms with van der Waals surface area (Å²) in [4.78, 5) is 6.37. The fourth-order valence-electron chi connectivity index (χ4n) is 2.15. The molecule has 1 aliphatic rings. The summed E-state index contributed by atoms with van der Waals surface area (Å²) in [6.45, 7) is 2.04. The summed E-state index contributed by atoms with van der Waals surface area (Å²) in [6, 6.07) is 5.53. The summed E-state index contributed by atoms with van der Waals surface area (Å²) >= 11 is 5.84. The molecule has 17 heavy (non-hydrogen) atoms. The Balaban J connectivity index is 2.11. The monoisotopic (exact) mass is 251 g/mol. The van der Waals surface area contributed by atoms with E-state index in [9.17, 15) is 0 Å². The zero-order valence-corrected chi connectivity index (χ0v) is 10.2. The maximum atomic E-state index is 8.91. The van der Waals surface area contributed by atoms with Crippen LogP contribution in [-0.2, 0) is 0 Å². The first-order valence-corrected chi connectivity index (χ1v) is 6.05. The average Bonchev–Trinajstić information content (AvgIpc) is 2.79. The second-order valence-electron chi connectivity index (χ2n) is 4.22. The molecule has 0 radical (unpaired) electrons. The first-order chi connectivity index (χ1) is 8.24. The fraction of sp³-hybridized carbons (Fsp3) is 0.500. The van der Waals surface area contributed by atoms with Gasteiger partial charge < -0.3 is 10.0 Å². The molecule has 2 rings (SSSR count). The molecule has 1 atom stereocenters. The van der Waals surface area contributed by atoms with Crippen LogP contribution in [0.1, 0.15) is 18.5 Å². The number of halogens is 1. The first kappa shape index (κ1) is 12.2. The van der Waals surface area contributed by atoms with Gasteiger partial charge in [-0.1, -0.05) is 11.6 Å². The molecule has 1 aromatic rings. The lowest BCUT2D eigenvalue weighted by Crippen LogP contribution is -2.21. The van der Waals surface area contributed by atoms with Gasteiger partial charge in [0.1, 0.15) is 11.9 Å². The lowest BCUT2D eigenvalue weighted by atomic mass is 10.1. The largest absolute Gasteiger partial charge is 0.396 e. The average molecular weight is 252 g/mol. The van der Waals surface area contributed by atoms with Gasteiger partial charge in [-0.3, -0.25) is 0 Å². The highest BCUT2D eigenvalue weighted by Crippen LogP contribution is 2.25. The van der Waals surface area contributed by atoms with Crippen molar-refractivity contribution in [2.75, 3.05) is 24.6 Å². The summed E-state index contributed by atoms with van der Waals surface area (Å²) in [7, 11) is 0. The van der Waals surface area contributed by atoms with Gasteiger partial charge in [0.25, 0.3) is 0 Å². The SMILES string of the molecule is N#Cc1nc(N2CC[C@H](CCO)C2)ccc1Cl. The Kier molecular flexibility index (Phi) is 3.82. The number of hydrogen-bond acceptors (Lipinski definition) is 4. The second-order valence-corrected chi connectivity index (χ2v) is 4.63. The van der Waals surface area contributed by atoms with Crippen molar-refractivity contribution in [1.82, 2.24) is 4.98 Å². The van der Waals surface area contributed by atoms with Crippen molar-refractivity contribution in [1.29, 1.82) is 5.26 Å². The van der Waals surface area contributed by atoms with Crippen LogP contribution in [-0.4, -0.2) is 29.8 Å². The Bertz CT molecular complexity index is 444. The molecule has 2 heterocycles. The lowest BCUT2D eigenvalue weighted by molar-refractivity contribution is 0.263. The van der Waals surface area contributed by atoms with Crippen LogP contribution in [0.5, 0.6) is 0 Å². The molecule has 0 amide bonds. The van der Waals surface area contributed by atoms with Gasteiger partial charge in [0.05, 0.1) is 5.02 Å². The van der Waals surface area contributed by atoms with Crippen molar-refractivity contribution in [2.24, 2.45) is 5.92 Å². The molecular weight excluding hydrogens is 238 g/mol. The zero-order chi connectivity index (χ0) is 12.3. The minimum absolute atomic E-state index is 0.232. The summed E-state index contributed by atoms with van der Waals surface area (Å²) in [5.74, 6) is 1.31. The van der Waals surface area contributed by atoms with E-state index in [4.69, 9.17) is 22.0 Å². The van der Waals surface area contributed by atoms with Gasteiger partial charge in [0, 0.05) is 19.7 Å². The lowest BCUT2D eigenvalue weighted by Gasteiger charge is -2.17. The first-order valence-electron chi connectivity index (χ1n) is 5.67. The number of rotatable bonds is 3. The normalized spacial score (nSPS) is 19.4. The van der Waals surface area contributed by atoms with Crippen molar-refractivity contribution >= 4 is 17.4 Å². The molecular formula is C12H14ClN3O. The molecule has 4 nitrogen and oxygen atoms in total. The molecule has 0 bridgehead atoms. The third kappa shape index (κ3) is 2.68. The van der Waals surface area contributed by atoms with Gasteiger partial charge in [-0.2, -0.15) is 5.26 Å². The molecule has 0 aliphatic carbocycles. The number of aromatic nitrogens is 1. The number of hydrogen-bond donors (Lipinski definition) is 1. The molecule has 1 fully saturated rings. The van der Waals surface area contributed by atoms with Crippen molar-refractivity contribution in [3.8, 4) is 6.07 Å². The summed E-state index contributed by atoms with van der Waals surface area (Å²) < 4.78 is 0. The fourth-order valence-corrected chi connectivity index (χ4v) is 2.29. The molecule has 1 aliphatic heterocycles. The van der Waals surface area contributed by atoms with Crippen LogP contribution in [0, 0.1) is 17.2 Å². The van der Waals surface area contributed by atoms with Crippen molar-refractivity contribution in [3.63, 3.8) is 0 Å². The molecule has 0 aromatic carbocycles. The van der Waals surface area contributed by atoms with Crippen LogP contribution < -0.4 is 4.90 Å². The third-order valence-corrected chi connectivity index (χ3v) is 3.39.